The summed E-state index contributed by atoms with van der Waals surface area (Å²) in [5.74, 6) is -0.180. The van der Waals surface area contributed by atoms with Crippen molar-refractivity contribution in [3.8, 4) is 0 Å². The fourth-order valence-corrected chi connectivity index (χ4v) is 2.73. The van der Waals surface area contributed by atoms with Gasteiger partial charge in [0.05, 0.1) is 6.54 Å². The van der Waals surface area contributed by atoms with E-state index in [1.54, 1.807) is 0 Å². The van der Waals surface area contributed by atoms with Crippen molar-refractivity contribution in [1.29, 1.82) is 0 Å². The van der Waals surface area contributed by atoms with Crippen LogP contribution in [0.1, 0.15) is 43.2 Å². The lowest BCUT2D eigenvalue weighted by Crippen LogP contribution is -2.46. The predicted molar refractivity (Wildman–Crippen MR) is 86.4 cm³/mol. The molecule has 120 valence electrons. The highest BCUT2D eigenvalue weighted by atomic mass is 16.2. The second-order valence-corrected chi connectivity index (χ2v) is 5.93. The van der Waals surface area contributed by atoms with Crippen LogP contribution in [0.3, 0.4) is 0 Å². The SMILES string of the molecule is Cc1cccc(CNC(=O)CNC(=O)NC2CCCCC2)c1. The first-order valence-corrected chi connectivity index (χ1v) is 8.00. The number of carbonyl (C=O) groups is 2. The van der Waals surface area contributed by atoms with Gasteiger partial charge in [-0.2, -0.15) is 0 Å². The number of nitrogens with one attached hydrogen (secondary N) is 3. The Bertz CT molecular complexity index is 510. The van der Waals surface area contributed by atoms with Crippen molar-refractivity contribution in [3.05, 3.63) is 35.4 Å². The molecular weight excluding hydrogens is 278 g/mol. The van der Waals surface area contributed by atoms with E-state index in [4.69, 9.17) is 0 Å². The summed E-state index contributed by atoms with van der Waals surface area (Å²) in [6.45, 7) is 2.50. The van der Waals surface area contributed by atoms with Crippen LogP contribution in [0.2, 0.25) is 0 Å². The number of amides is 3. The zero-order chi connectivity index (χ0) is 15.8. The lowest BCUT2D eigenvalue weighted by Gasteiger charge is -2.22. The van der Waals surface area contributed by atoms with Crippen LogP contribution in [0.5, 0.6) is 0 Å². The molecule has 3 amide bonds. The molecule has 1 aromatic rings. The number of hydrogen-bond donors (Lipinski definition) is 3. The molecule has 1 aromatic carbocycles. The van der Waals surface area contributed by atoms with E-state index in [2.05, 4.69) is 16.0 Å². The highest BCUT2D eigenvalue weighted by Gasteiger charge is 2.15. The van der Waals surface area contributed by atoms with E-state index < -0.39 is 0 Å². The summed E-state index contributed by atoms with van der Waals surface area (Å²) in [5, 5.41) is 8.34. The minimum absolute atomic E-state index is 0.00433. The van der Waals surface area contributed by atoms with Crippen molar-refractivity contribution in [1.82, 2.24) is 16.0 Å². The van der Waals surface area contributed by atoms with Gasteiger partial charge in [-0.15, -0.1) is 0 Å². The Balaban J connectivity index is 1.63. The van der Waals surface area contributed by atoms with E-state index in [9.17, 15) is 9.59 Å². The maximum atomic E-state index is 11.7. The van der Waals surface area contributed by atoms with Gasteiger partial charge in [0.2, 0.25) is 5.91 Å². The highest BCUT2D eigenvalue weighted by molar-refractivity contribution is 5.83. The van der Waals surface area contributed by atoms with E-state index in [1.165, 1.54) is 19.3 Å². The van der Waals surface area contributed by atoms with Gasteiger partial charge in [0.25, 0.3) is 0 Å². The molecule has 1 aliphatic carbocycles. The van der Waals surface area contributed by atoms with Gasteiger partial charge in [-0.05, 0) is 25.3 Å². The summed E-state index contributed by atoms with van der Waals surface area (Å²) >= 11 is 0. The van der Waals surface area contributed by atoms with Gasteiger partial charge in [-0.1, -0.05) is 49.1 Å². The topological polar surface area (TPSA) is 70.2 Å². The van der Waals surface area contributed by atoms with Gasteiger partial charge >= 0.3 is 6.03 Å². The molecule has 0 unspecified atom stereocenters. The fraction of sp³-hybridized carbons (Fsp3) is 0.529. The molecule has 0 heterocycles. The zero-order valence-corrected chi connectivity index (χ0v) is 13.2. The largest absolute Gasteiger partial charge is 0.350 e. The molecule has 5 nitrogen and oxygen atoms in total. The average Bonchev–Trinajstić information content (AvgIpc) is 2.52. The van der Waals surface area contributed by atoms with Crippen LogP contribution in [0, 0.1) is 6.92 Å². The third-order valence-corrected chi connectivity index (χ3v) is 3.92. The predicted octanol–water partition coefficient (Wildman–Crippen LogP) is 2.24. The van der Waals surface area contributed by atoms with Crippen LogP contribution < -0.4 is 16.0 Å². The number of hydrogen-bond acceptors (Lipinski definition) is 2. The number of rotatable bonds is 5. The third kappa shape index (κ3) is 5.76. The van der Waals surface area contributed by atoms with Crippen LogP contribution in [-0.2, 0) is 11.3 Å². The second-order valence-electron chi connectivity index (χ2n) is 5.93. The monoisotopic (exact) mass is 303 g/mol. The van der Waals surface area contributed by atoms with E-state index in [1.807, 2.05) is 31.2 Å². The van der Waals surface area contributed by atoms with Gasteiger partial charge in [0.1, 0.15) is 0 Å². The molecule has 22 heavy (non-hydrogen) atoms. The van der Waals surface area contributed by atoms with Gasteiger partial charge in [-0.3, -0.25) is 4.79 Å². The number of benzene rings is 1. The van der Waals surface area contributed by atoms with Crippen molar-refractivity contribution in [2.45, 2.75) is 51.6 Å². The molecule has 0 radical (unpaired) electrons. The first-order valence-electron chi connectivity index (χ1n) is 8.00. The molecule has 1 fully saturated rings. The Morgan fingerprint density at radius 2 is 1.91 bits per heavy atom. The summed E-state index contributed by atoms with van der Waals surface area (Å²) in [5.41, 5.74) is 2.22. The first kappa shape index (κ1) is 16.3. The maximum absolute atomic E-state index is 11.7. The Morgan fingerprint density at radius 3 is 2.64 bits per heavy atom. The van der Waals surface area contributed by atoms with Crippen molar-refractivity contribution < 1.29 is 9.59 Å². The number of aryl methyl sites for hydroxylation is 1. The number of carbonyl (C=O) groups excluding carboxylic acids is 2. The maximum Gasteiger partial charge on any atom is 0.315 e. The lowest BCUT2D eigenvalue weighted by molar-refractivity contribution is -0.120. The van der Waals surface area contributed by atoms with Crippen LogP contribution in [0.15, 0.2) is 24.3 Å². The number of urea groups is 1. The Labute approximate surface area is 131 Å². The van der Waals surface area contributed by atoms with E-state index >= 15 is 0 Å². The van der Waals surface area contributed by atoms with Gasteiger partial charge < -0.3 is 16.0 Å². The van der Waals surface area contributed by atoms with Crippen molar-refractivity contribution >= 4 is 11.9 Å². The highest BCUT2D eigenvalue weighted by Crippen LogP contribution is 2.17. The lowest BCUT2D eigenvalue weighted by atomic mass is 9.96. The molecule has 3 N–H and O–H groups in total. The van der Waals surface area contributed by atoms with E-state index in [0.29, 0.717) is 6.54 Å². The normalized spacial score (nSPS) is 15.1. The summed E-state index contributed by atoms with van der Waals surface area (Å²) in [4.78, 5) is 23.5. The molecule has 0 saturated heterocycles. The molecule has 5 heteroatoms. The molecule has 1 aliphatic rings. The minimum atomic E-state index is -0.252. The molecule has 0 bridgehead atoms. The Kier molecular flexibility index (Phi) is 6.25. The van der Waals surface area contributed by atoms with Crippen LogP contribution >= 0.6 is 0 Å². The van der Waals surface area contributed by atoms with Crippen molar-refractivity contribution in [2.75, 3.05) is 6.54 Å². The molecule has 2 rings (SSSR count). The molecule has 0 aliphatic heterocycles. The van der Waals surface area contributed by atoms with Gasteiger partial charge in [0.15, 0.2) is 0 Å². The van der Waals surface area contributed by atoms with Crippen molar-refractivity contribution in [3.63, 3.8) is 0 Å². The minimum Gasteiger partial charge on any atom is -0.350 e. The third-order valence-electron chi connectivity index (χ3n) is 3.92. The quantitative estimate of drug-likeness (QED) is 0.781. The van der Waals surface area contributed by atoms with Gasteiger partial charge in [0, 0.05) is 12.6 Å². The molecular formula is C17H25N3O2. The first-order chi connectivity index (χ1) is 10.6. The van der Waals surface area contributed by atoms with Crippen molar-refractivity contribution in [2.24, 2.45) is 0 Å². The Hall–Kier alpha value is -2.04. The zero-order valence-electron chi connectivity index (χ0n) is 13.2. The van der Waals surface area contributed by atoms with Gasteiger partial charge in [-0.25, -0.2) is 4.79 Å². The standard InChI is InChI=1S/C17H25N3O2/c1-13-6-5-7-14(10-13)11-18-16(21)12-19-17(22)20-15-8-3-2-4-9-15/h5-7,10,15H,2-4,8-9,11-12H2,1H3,(H,18,21)(H2,19,20,22). The molecule has 1 saturated carbocycles. The summed E-state index contributed by atoms with van der Waals surface area (Å²) in [7, 11) is 0. The Morgan fingerprint density at radius 1 is 1.14 bits per heavy atom. The summed E-state index contributed by atoms with van der Waals surface area (Å²) in [6.07, 6.45) is 5.66. The fourth-order valence-electron chi connectivity index (χ4n) is 2.73. The molecule has 0 aromatic heterocycles. The smallest absolute Gasteiger partial charge is 0.315 e. The second kappa shape index (κ2) is 8.41. The summed E-state index contributed by atoms with van der Waals surface area (Å²) < 4.78 is 0. The molecule has 0 atom stereocenters. The summed E-state index contributed by atoms with van der Waals surface area (Å²) in [6, 6.07) is 7.98. The average molecular weight is 303 g/mol. The van der Waals surface area contributed by atoms with E-state index in [0.717, 1.165) is 24.0 Å². The van der Waals surface area contributed by atoms with Crippen LogP contribution in [-0.4, -0.2) is 24.5 Å². The van der Waals surface area contributed by atoms with Crippen LogP contribution in [0.25, 0.3) is 0 Å². The van der Waals surface area contributed by atoms with Crippen LogP contribution in [0.4, 0.5) is 4.79 Å². The molecule has 0 spiro atoms. The van der Waals surface area contributed by atoms with E-state index in [-0.39, 0.29) is 24.5 Å².